The predicted molar refractivity (Wildman–Crippen MR) is 142 cm³/mol. The van der Waals surface area contributed by atoms with Crippen molar-refractivity contribution in [1.29, 1.82) is 0 Å². The Bertz CT molecular complexity index is 926. The van der Waals surface area contributed by atoms with Crippen molar-refractivity contribution >= 4 is 5.78 Å². The van der Waals surface area contributed by atoms with E-state index in [-0.39, 0.29) is 11.8 Å². The maximum absolute atomic E-state index is 11.8. The fraction of sp³-hybridized carbons (Fsp3) is 0.483. The summed E-state index contributed by atoms with van der Waals surface area (Å²) in [5, 5.41) is 0. The molecule has 1 aliphatic rings. The van der Waals surface area contributed by atoms with Crippen LogP contribution in [0.4, 0.5) is 0 Å². The maximum Gasteiger partial charge on any atom is 0.159 e. The van der Waals surface area contributed by atoms with Crippen LogP contribution in [0.25, 0.3) is 0 Å². The van der Waals surface area contributed by atoms with Crippen LogP contribution in [0.3, 0.4) is 0 Å². The van der Waals surface area contributed by atoms with E-state index in [1.165, 1.54) is 11.1 Å². The molecule has 0 N–H and O–H groups in total. The van der Waals surface area contributed by atoms with Crippen molar-refractivity contribution in [3.63, 3.8) is 0 Å². The fourth-order valence-electron chi connectivity index (χ4n) is 4.36. The van der Waals surface area contributed by atoms with Crippen LogP contribution in [-0.4, -0.2) is 95.1 Å². The predicted octanol–water partition coefficient (Wildman–Crippen LogP) is 3.84. The van der Waals surface area contributed by atoms with E-state index in [2.05, 4.69) is 40.6 Å². The van der Waals surface area contributed by atoms with Crippen molar-refractivity contribution in [3.8, 4) is 5.75 Å². The lowest BCUT2D eigenvalue weighted by molar-refractivity contribution is 0.0179. The number of methoxy groups -OCH3 is 1. The molecule has 0 spiro atoms. The van der Waals surface area contributed by atoms with E-state index in [0.29, 0.717) is 39.6 Å². The molecule has 0 radical (unpaired) electrons. The molecule has 0 amide bonds. The molecule has 0 aromatic heterocycles. The lowest BCUT2D eigenvalue weighted by atomic mass is 9.95. The van der Waals surface area contributed by atoms with Crippen molar-refractivity contribution in [2.24, 2.45) is 0 Å². The highest BCUT2D eigenvalue weighted by Gasteiger charge is 2.26. The van der Waals surface area contributed by atoms with Gasteiger partial charge in [-0.2, -0.15) is 0 Å². The van der Waals surface area contributed by atoms with Crippen molar-refractivity contribution in [3.05, 3.63) is 77.9 Å². The summed E-state index contributed by atoms with van der Waals surface area (Å²) < 4.78 is 21.9. The quantitative estimate of drug-likeness (QED) is 0.199. The summed E-state index contributed by atoms with van der Waals surface area (Å²) in [6.07, 6.45) is 1.96. The smallest absolute Gasteiger partial charge is 0.159 e. The van der Waals surface area contributed by atoms with E-state index in [1.807, 2.05) is 30.3 Å². The first-order valence-corrected chi connectivity index (χ1v) is 12.7. The molecule has 1 aliphatic heterocycles. The van der Waals surface area contributed by atoms with Crippen LogP contribution in [0, 0.1) is 0 Å². The van der Waals surface area contributed by atoms with E-state index in [9.17, 15) is 4.79 Å². The van der Waals surface area contributed by atoms with Crippen molar-refractivity contribution in [2.45, 2.75) is 13.0 Å². The Morgan fingerprint density at radius 1 is 0.917 bits per heavy atom. The van der Waals surface area contributed by atoms with Gasteiger partial charge in [0.25, 0.3) is 0 Å². The molecule has 1 heterocycles. The Morgan fingerprint density at radius 2 is 1.58 bits per heavy atom. The minimum Gasteiger partial charge on any atom is -0.491 e. The van der Waals surface area contributed by atoms with E-state index < -0.39 is 0 Å². The van der Waals surface area contributed by atoms with E-state index in [4.69, 9.17) is 18.9 Å². The minimum atomic E-state index is 0.0790. The summed E-state index contributed by atoms with van der Waals surface area (Å²) in [7, 11) is 1.66. The molecular formula is C29H40N2O5. The molecule has 7 heteroatoms. The maximum atomic E-state index is 11.8. The third-order valence-corrected chi connectivity index (χ3v) is 6.27. The van der Waals surface area contributed by atoms with Gasteiger partial charge in [-0.3, -0.25) is 14.6 Å². The van der Waals surface area contributed by atoms with Crippen molar-refractivity contribution in [2.75, 3.05) is 79.5 Å². The molecule has 0 bridgehead atoms. The third kappa shape index (κ3) is 8.84. The molecule has 1 fully saturated rings. The number of carbonyl (C=O) groups is 1. The van der Waals surface area contributed by atoms with Crippen molar-refractivity contribution < 1.29 is 23.7 Å². The van der Waals surface area contributed by atoms with Crippen LogP contribution < -0.4 is 4.74 Å². The van der Waals surface area contributed by atoms with Crippen LogP contribution in [0.15, 0.2) is 61.2 Å². The lowest BCUT2D eigenvalue weighted by Gasteiger charge is -2.39. The normalized spacial score (nSPS) is 15.5. The molecule has 2 aromatic carbocycles. The number of Topliss-reactive ketones (excluding diaryl/α,β-unsaturated/α-hetero) is 1. The van der Waals surface area contributed by atoms with Gasteiger partial charge in [0.15, 0.2) is 5.78 Å². The summed E-state index contributed by atoms with van der Waals surface area (Å²) in [5.74, 6) is 0.901. The second kappa shape index (κ2) is 15.5. The monoisotopic (exact) mass is 496 g/mol. The van der Waals surface area contributed by atoms with E-state index >= 15 is 0 Å². The molecule has 0 aliphatic carbocycles. The number of hydrogen-bond donors (Lipinski definition) is 0. The Morgan fingerprint density at radius 3 is 2.22 bits per heavy atom. The number of ether oxygens (including phenoxy) is 4. The first-order chi connectivity index (χ1) is 17.6. The Kier molecular flexibility index (Phi) is 12.1. The second-order valence-corrected chi connectivity index (χ2v) is 8.84. The number of carbonyl (C=O) groups excluding carboxylic acids is 1. The number of hydrogen-bond acceptors (Lipinski definition) is 7. The van der Waals surface area contributed by atoms with Gasteiger partial charge in [0.2, 0.25) is 0 Å². The topological polar surface area (TPSA) is 60.5 Å². The summed E-state index contributed by atoms with van der Waals surface area (Å²) >= 11 is 0. The van der Waals surface area contributed by atoms with Gasteiger partial charge < -0.3 is 18.9 Å². The fourth-order valence-corrected chi connectivity index (χ4v) is 4.36. The van der Waals surface area contributed by atoms with Crippen molar-refractivity contribution in [1.82, 2.24) is 9.80 Å². The highest BCUT2D eigenvalue weighted by atomic mass is 16.6. The van der Waals surface area contributed by atoms with E-state index in [1.54, 1.807) is 14.0 Å². The van der Waals surface area contributed by atoms with Gasteiger partial charge in [0, 0.05) is 45.4 Å². The third-order valence-electron chi connectivity index (χ3n) is 6.27. The highest BCUT2D eigenvalue weighted by molar-refractivity contribution is 5.94. The Balaban J connectivity index is 1.64. The molecular weight excluding hydrogens is 456 g/mol. The number of nitrogens with zero attached hydrogens (tertiary/aromatic N) is 2. The first-order valence-electron chi connectivity index (χ1n) is 12.7. The molecule has 196 valence electrons. The summed E-state index contributed by atoms with van der Waals surface area (Å²) in [6.45, 7) is 13.5. The lowest BCUT2D eigenvalue weighted by Crippen LogP contribution is -2.47. The molecule has 1 saturated heterocycles. The second-order valence-electron chi connectivity index (χ2n) is 8.84. The SMILES string of the molecule is C=CCN1CCN(C(c2ccc(C(C)=O)cc2)c2cccc(OCCOCCOCCOC)c2)CC1. The zero-order valence-corrected chi connectivity index (χ0v) is 21.7. The van der Waals surface area contributed by atoms with Crippen LogP contribution >= 0.6 is 0 Å². The van der Waals surface area contributed by atoms with Gasteiger partial charge >= 0.3 is 0 Å². The molecule has 0 saturated carbocycles. The van der Waals surface area contributed by atoms with Gasteiger partial charge in [-0.25, -0.2) is 0 Å². The van der Waals surface area contributed by atoms with Gasteiger partial charge in [0.1, 0.15) is 12.4 Å². The molecule has 3 rings (SSSR count). The summed E-state index contributed by atoms with van der Waals surface area (Å²) in [5.41, 5.74) is 3.08. The summed E-state index contributed by atoms with van der Waals surface area (Å²) in [4.78, 5) is 16.7. The molecule has 1 atom stereocenters. The minimum absolute atomic E-state index is 0.0790. The van der Waals surface area contributed by atoms with Gasteiger partial charge in [-0.1, -0.05) is 42.5 Å². The largest absolute Gasteiger partial charge is 0.491 e. The van der Waals surface area contributed by atoms with Gasteiger partial charge in [0.05, 0.1) is 39.1 Å². The number of ketones is 1. The molecule has 36 heavy (non-hydrogen) atoms. The average Bonchev–Trinajstić information content (AvgIpc) is 2.90. The van der Waals surface area contributed by atoms with Crippen LogP contribution in [0.2, 0.25) is 0 Å². The van der Waals surface area contributed by atoms with E-state index in [0.717, 1.165) is 44.0 Å². The van der Waals surface area contributed by atoms with Crippen LogP contribution in [-0.2, 0) is 14.2 Å². The number of piperazine rings is 1. The Hall–Kier alpha value is -2.55. The first kappa shape index (κ1) is 28.0. The number of rotatable bonds is 16. The van der Waals surface area contributed by atoms with Gasteiger partial charge in [-0.15, -0.1) is 6.58 Å². The van der Waals surface area contributed by atoms with Crippen LogP contribution in [0.5, 0.6) is 5.75 Å². The highest BCUT2D eigenvalue weighted by Crippen LogP contribution is 2.32. The van der Waals surface area contributed by atoms with Gasteiger partial charge in [-0.05, 0) is 30.2 Å². The standard InChI is InChI=1S/C29H40N2O5/c1-4-12-30-13-15-31(16-14-30)29(26-10-8-25(9-11-26)24(2)32)27-6-5-7-28(23-27)36-22-21-35-20-19-34-18-17-33-3/h4-11,23,29H,1,12-22H2,2-3H3. The summed E-state index contributed by atoms with van der Waals surface area (Å²) in [6, 6.07) is 16.4. The average molecular weight is 497 g/mol. The molecule has 7 nitrogen and oxygen atoms in total. The zero-order valence-electron chi connectivity index (χ0n) is 21.7. The molecule has 1 unspecified atom stereocenters. The zero-order chi connectivity index (χ0) is 25.6. The molecule has 2 aromatic rings. The number of benzene rings is 2. The Labute approximate surface area is 215 Å². The van der Waals surface area contributed by atoms with Crippen LogP contribution in [0.1, 0.15) is 34.5 Å².